The molecule has 0 atom stereocenters. The van der Waals surface area contributed by atoms with Crippen LogP contribution in [-0.2, 0) is 16.0 Å². The molecular formula is C10H7F2IN2O2. The van der Waals surface area contributed by atoms with Crippen LogP contribution in [0, 0.1) is 14.9 Å². The minimum absolute atomic E-state index is 0.0785. The van der Waals surface area contributed by atoms with Gasteiger partial charge in [0, 0.05) is 0 Å². The fourth-order valence-electron chi connectivity index (χ4n) is 1.12. The third-order valence-corrected chi connectivity index (χ3v) is 3.13. The molecule has 4 nitrogen and oxygen atoms in total. The number of nitrogens with zero attached hydrogens (tertiary/aromatic N) is 2. The topological polar surface area (TPSA) is 63.0 Å². The highest BCUT2D eigenvalue weighted by molar-refractivity contribution is 14.1. The van der Waals surface area contributed by atoms with E-state index in [1.807, 2.05) is 0 Å². The fraction of sp³-hybridized carbons (Fsp3) is 0.300. The second-order valence-corrected chi connectivity index (χ2v) is 4.10. The van der Waals surface area contributed by atoms with E-state index < -0.39 is 18.1 Å². The Morgan fingerprint density at radius 2 is 2.35 bits per heavy atom. The van der Waals surface area contributed by atoms with Crippen LogP contribution in [-0.4, -0.2) is 18.1 Å². The zero-order chi connectivity index (χ0) is 13.0. The molecule has 0 aromatic carbocycles. The summed E-state index contributed by atoms with van der Waals surface area (Å²) in [6.45, 7) is 0. The molecule has 0 spiro atoms. The summed E-state index contributed by atoms with van der Waals surface area (Å²) in [5.74, 6) is -0.592. The third-order valence-electron chi connectivity index (χ3n) is 1.93. The van der Waals surface area contributed by atoms with E-state index in [0.29, 0.717) is 3.57 Å². The summed E-state index contributed by atoms with van der Waals surface area (Å²) in [7, 11) is 1.19. The molecule has 0 fully saturated rings. The van der Waals surface area contributed by atoms with Crippen molar-refractivity contribution in [2.24, 2.45) is 0 Å². The highest BCUT2D eigenvalue weighted by Crippen LogP contribution is 2.23. The minimum Gasteiger partial charge on any atom is -0.469 e. The van der Waals surface area contributed by atoms with Crippen molar-refractivity contribution in [2.75, 3.05) is 7.11 Å². The van der Waals surface area contributed by atoms with Crippen molar-refractivity contribution >= 4 is 28.6 Å². The van der Waals surface area contributed by atoms with E-state index in [2.05, 4.69) is 9.72 Å². The number of rotatable bonds is 3. The molecule has 17 heavy (non-hydrogen) atoms. The third kappa shape index (κ3) is 3.33. The number of hydrogen-bond acceptors (Lipinski definition) is 4. The molecule has 0 aliphatic heterocycles. The number of ether oxygens (including phenoxy) is 1. The Morgan fingerprint density at radius 3 is 2.82 bits per heavy atom. The first-order chi connectivity index (χ1) is 7.99. The van der Waals surface area contributed by atoms with Crippen molar-refractivity contribution in [2.45, 2.75) is 12.8 Å². The average Bonchev–Trinajstić information content (AvgIpc) is 2.31. The smallest absolute Gasteiger partial charge is 0.311 e. The normalized spacial score (nSPS) is 10.1. The highest BCUT2D eigenvalue weighted by atomic mass is 127. The monoisotopic (exact) mass is 352 g/mol. The first-order valence-electron chi connectivity index (χ1n) is 4.44. The van der Waals surface area contributed by atoms with Crippen LogP contribution >= 0.6 is 22.6 Å². The zero-order valence-electron chi connectivity index (χ0n) is 8.71. The Morgan fingerprint density at radius 1 is 1.71 bits per heavy atom. The predicted octanol–water partition coefficient (Wildman–Crippen LogP) is 2.21. The minimum atomic E-state index is -2.78. The van der Waals surface area contributed by atoms with E-state index in [1.165, 1.54) is 7.11 Å². The van der Waals surface area contributed by atoms with Crippen molar-refractivity contribution in [1.82, 2.24) is 4.98 Å². The van der Waals surface area contributed by atoms with Crippen LogP contribution in [0.25, 0.3) is 0 Å². The van der Waals surface area contributed by atoms with Crippen LogP contribution in [0.2, 0.25) is 0 Å². The van der Waals surface area contributed by atoms with Gasteiger partial charge < -0.3 is 4.74 Å². The molecule has 0 saturated heterocycles. The van der Waals surface area contributed by atoms with Gasteiger partial charge in [0.15, 0.2) is 0 Å². The average molecular weight is 352 g/mol. The summed E-state index contributed by atoms with van der Waals surface area (Å²) in [4.78, 5) is 14.7. The van der Waals surface area contributed by atoms with Gasteiger partial charge in [-0.2, -0.15) is 5.26 Å². The summed E-state index contributed by atoms with van der Waals surface area (Å²) in [6.07, 6.45) is -3.01. The Kier molecular flexibility index (Phi) is 4.74. The molecule has 0 amide bonds. The lowest BCUT2D eigenvalue weighted by Crippen LogP contribution is -2.10. The number of nitriles is 1. The second kappa shape index (κ2) is 5.86. The number of alkyl halides is 2. The van der Waals surface area contributed by atoms with Crippen molar-refractivity contribution in [3.8, 4) is 6.07 Å². The van der Waals surface area contributed by atoms with Crippen molar-refractivity contribution in [1.29, 1.82) is 5.26 Å². The number of aromatic nitrogens is 1. The van der Waals surface area contributed by atoms with Crippen LogP contribution in [0.1, 0.15) is 23.4 Å². The van der Waals surface area contributed by atoms with Crippen molar-refractivity contribution in [3.05, 3.63) is 26.6 Å². The summed E-state index contributed by atoms with van der Waals surface area (Å²) in [5.41, 5.74) is -0.303. The molecule has 0 unspecified atom stereocenters. The number of esters is 1. The van der Waals surface area contributed by atoms with E-state index in [4.69, 9.17) is 5.26 Å². The first-order valence-corrected chi connectivity index (χ1v) is 5.51. The molecule has 1 aromatic rings. The molecule has 90 valence electrons. The standard InChI is InChI=1S/C10H7F2IN2O2/c1-17-8(16)3-6-9(13)5(4-14)2-7(15-6)10(11)12/h2,10H,3H2,1H3. The lowest BCUT2D eigenvalue weighted by Gasteiger charge is -2.07. The number of carbonyl (C=O) groups excluding carboxylic acids is 1. The highest BCUT2D eigenvalue weighted by Gasteiger charge is 2.18. The maximum Gasteiger partial charge on any atom is 0.311 e. The molecule has 0 N–H and O–H groups in total. The first kappa shape index (κ1) is 13.8. The summed E-state index contributed by atoms with van der Waals surface area (Å²) in [6, 6.07) is 2.81. The maximum atomic E-state index is 12.5. The van der Waals surface area contributed by atoms with Crippen LogP contribution in [0.15, 0.2) is 6.07 Å². The van der Waals surface area contributed by atoms with Gasteiger partial charge in [0.25, 0.3) is 6.43 Å². The van der Waals surface area contributed by atoms with Crippen molar-refractivity contribution in [3.63, 3.8) is 0 Å². The van der Waals surface area contributed by atoms with Crippen LogP contribution in [0.3, 0.4) is 0 Å². The van der Waals surface area contributed by atoms with Crippen molar-refractivity contribution < 1.29 is 18.3 Å². The number of pyridine rings is 1. The largest absolute Gasteiger partial charge is 0.469 e. The molecule has 1 aromatic heterocycles. The number of carbonyl (C=O) groups is 1. The van der Waals surface area contributed by atoms with Gasteiger partial charge in [-0.1, -0.05) is 0 Å². The van der Waals surface area contributed by atoms with Crippen LogP contribution in [0.5, 0.6) is 0 Å². The fourth-order valence-corrected chi connectivity index (χ4v) is 1.71. The Labute approximate surface area is 110 Å². The molecule has 1 rings (SSSR count). The van der Waals surface area contributed by atoms with Gasteiger partial charge in [-0.15, -0.1) is 0 Å². The van der Waals surface area contributed by atoms with Gasteiger partial charge in [-0.3, -0.25) is 9.78 Å². The van der Waals surface area contributed by atoms with Gasteiger partial charge in [0.1, 0.15) is 11.8 Å². The van der Waals surface area contributed by atoms with Gasteiger partial charge in [0.2, 0.25) is 0 Å². The molecule has 1 heterocycles. The number of halogens is 3. The summed E-state index contributed by atoms with van der Waals surface area (Å²) >= 11 is 1.79. The quantitative estimate of drug-likeness (QED) is 0.618. The molecule has 0 radical (unpaired) electrons. The SMILES string of the molecule is COC(=O)Cc1nc(C(F)F)cc(C#N)c1I. The Bertz CT molecular complexity index is 486. The molecular weight excluding hydrogens is 345 g/mol. The van der Waals surface area contributed by atoms with Gasteiger partial charge in [-0.25, -0.2) is 8.78 Å². The summed E-state index contributed by atoms with van der Waals surface area (Å²) in [5, 5.41) is 8.80. The predicted molar refractivity (Wildman–Crippen MR) is 62.3 cm³/mol. The molecule has 0 saturated carbocycles. The van der Waals surface area contributed by atoms with E-state index >= 15 is 0 Å². The van der Waals surface area contributed by atoms with Gasteiger partial charge in [0.05, 0.1) is 28.4 Å². The van der Waals surface area contributed by atoms with E-state index in [0.717, 1.165) is 6.07 Å². The van der Waals surface area contributed by atoms with E-state index in [1.54, 1.807) is 28.7 Å². The molecule has 0 bridgehead atoms. The molecule has 0 aliphatic rings. The van der Waals surface area contributed by atoms with Gasteiger partial charge >= 0.3 is 5.97 Å². The van der Waals surface area contributed by atoms with Gasteiger partial charge in [-0.05, 0) is 28.7 Å². The Balaban J connectivity index is 3.24. The number of hydrogen-bond donors (Lipinski definition) is 0. The molecule has 7 heteroatoms. The van der Waals surface area contributed by atoms with Crippen LogP contribution < -0.4 is 0 Å². The number of methoxy groups -OCH3 is 1. The van der Waals surface area contributed by atoms with E-state index in [-0.39, 0.29) is 17.7 Å². The lowest BCUT2D eigenvalue weighted by molar-refractivity contribution is -0.139. The lowest BCUT2D eigenvalue weighted by atomic mass is 10.1. The van der Waals surface area contributed by atoms with Crippen LogP contribution in [0.4, 0.5) is 8.78 Å². The molecule has 0 aliphatic carbocycles. The summed E-state index contributed by atoms with van der Waals surface area (Å²) < 4.78 is 29.9. The van der Waals surface area contributed by atoms with E-state index in [9.17, 15) is 13.6 Å². The maximum absolute atomic E-state index is 12.5. The zero-order valence-corrected chi connectivity index (χ0v) is 10.9. The Hall–Kier alpha value is -1.30. The second-order valence-electron chi connectivity index (χ2n) is 3.02.